The number of benzene rings is 1. The van der Waals surface area contributed by atoms with E-state index in [1.54, 1.807) is 12.3 Å². The van der Waals surface area contributed by atoms with Crippen molar-refractivity contribution in [1.82, 2.24) is 19.3 Å². The van der Waals surface area contributed by atoms with Gasteiger partial charge in [0.2, 0.25) is 0 Å². The fraction of sp³-hybridized carbons (Fsp3) is 0.316. The number of aryl methyl sites for hydroxylation is 1. The van der Waals surface area contributed by atoms with Crippen LogP contribution in [0.5, 0.6) is 0 Å². The van der Waals surface area contributed by atoms with Crippen LogP contribution in [0, 0.1) is 25.2 Å². The van der Waals surface area contributed by atoms with Crippen molar-refractivity contribution in [2.75, 3.05) is 11.5 Å². The summed E-state index contributed by atoms with van der Waals surface area (Å²) < 4.78 is 27.5. The average Bonchev–Trinajstić information content (AvgIpc) is 3.32. The number of hydrogen-bond acceptors (Lipinski definition) is 5. The van der Waals surface area contributed by atoms with Crippen molar-refractivity contribution in [2.45, 2.75) is 26.3 Å². The smallest absolute Gasteiger partial charge is 0.152 e. The molecule has 0 spiro atoms. The highest BCUT2D eigenvalue weighted by atomic mass is 32.2. The van der Waals surface area contributed by atoms with Gasteiger partial charge in [0.05, 0.1) is 46.3 Å². The molecule has 1 saturated heterocycles. The lowest BCUT2D eigenvalue weighted by Crippen LogP contribution is -2.14. The molecule has 1 aliphatic heterocycles. The molecule has 1 aliphatic rings. The predicted octanol–water partition coefficient (Wildman–Crippen LogP) is 2.58. The van der Waals surface area contributed by atoms with Gasteiger partial charge in [0.25, 0.3) is 0 Å². The Kier molecular flexibility index (Phi) is 4.12. The lowest BCUT2D eigenvalue weighted by atomic mass is 10.1. The first kappa shape index (κ1) is 17.5. The Labute approximate surface area is 157 Å². The summed E-state index contributed by atoms with van der Waals surface area (Å²) in [6.07, 6.45) is 4.12. The van der Waals surface area contributed by atoms with Crippen molar-refractivity contribution in [2.24, 2.45) is 0 Å². The summed E-state index contributed by atoms with van der Waals surface area (Å²) in [5.74, 6) is 0.997. The van der Waals surface area contributed by atoms with E-state index in [2.05, 4.69) is 16.2 Å². The molecule has 1 aromatic carbocycles. The molecule has 0 saturated carbocycles. The summed E-state index contributed by atoms with van der Waals surface area (Å²) >= 11 is 0. The summed E-state index contributed by atoms with van der Waals surface area (Å²) in [6, 6.07) is 9.41. The molecule has 1 fully saturated rings. The van der Waals surface area contributed by atoms with Gasteiger partial charge in [-0.25, -0.2) is 13.4 Å². The summed E-state index contributed by atoms with van der Waals surface area (Å²) in [4.78, 5) is 4.46. The maximum absolute atomic E-state index is 11.9. The molecule has 3 aromatic rings. The fourth-order valence-corrected chi connectivity index (χ4v) is 5.48. The minimum absolute atomic E-state index is 0.127. The Balaban J connectivity index is 1.83. The predicted molar refractivity (Wildman–Crippen MR) is 101 cm³/mol. The van der Waals surface area contributed by atoms with Crippen LogP contribution in [-0.2, 0) is 9.84 Å². The highest BCUT2D eigenvalue weighted by molar-refractivity contribution is 7.91. The van der Waals surface area contributed by atoms with Crippen LogP contribution < -0.4 is 0 Å². The largest absolute Gasteiger partial charge is 0.296 e. The summed E-state index contributed by atoms with van der Waals surface area (Å²) in [6.45, 7) is 3.85. The van der Waals surface area contributed by atoms with E-state index in [4.69, 9.17) is 0 Å². The Morgan fingerprint density at radius 3 is 2.74 bits per heavy atom. The van der Waals surface area contributed by atoms with Crippen LogP contribution in [0.15, 0.2) is 36.7 Å². The van der Waals surface area contributed by atoms with Crippen LogP contribution in [0.3, 0.4) is 0 Å². The van der Waals surface area contributed by atoms with Crippen molar-refractivity contribution >= 4 is 9.84 Å². The van der Waals surface area contributed by atoms with Crippen LogP contribution in [0.1, 0.15) is 29.4 Å². The van der Waals surface area contributed by atoms with E-state index in [1.165, 1.54) is 0 Å². The first-order valence-corrected chi connectivity index (χ1v) is 10.5. The molecule has 0 N–H and O–H groups in total. The van der Waals surface area contributed by atoms with Crippen molar-refractivity contribution in [3.63, 3.8) is 0 Å². The molecule has 3 heterocycles. The lowest BCUT2D eigenvalue weighted by Gasteiger charge is -2.13. The topological polar surface area (TPSA) is 93.6 Å². The van der Waals surface area contributed by atoms with Crippen LogP contribution in [-0.4, -0.2) is 39.3 Å². The van der Waals surface area contributed by atoms with E-state index in [0.29, 0.717) is 17.8 Å². The second kappa shape index (κ2) is 6.35. The third-order valence-corrected chi connectivity index (χ3v) is 6.76. The van der Waals surface area contributed by atoms with Crippen LogP contribution in [0.4, 0.5) is 0 Å². The zero-order valence-corrected chi connectivity index (χ0v) is 15.9. The second-order valence-corrected chi connectivity index (χ2v) is 9.03. The molecule has 0 aliphatic carbocycles. The SMILES string of the molecule is Cc1nn(C2CCS(=O)(=O)C2)c(C)c1-n1ccnc1-c1ccccc1C#N. The van der Waals surface area contributed by atoms with Gasteiger partial charge in [-0.3, -0.25) is 9.25 Å². The molecule has 1 unspecified atom stereocenters. The average molecular weight is 381 g/mol. The standard InChI is InChI=1S/C19H19N5O2S/c1-13-18(14(2)24(22-13)16-7-10-27(25,26)12-16)23-9-8-21-19(23)17-6-4-3-5-15(17)11-20/h3-6,8-9,16H,7,10,12H2,1-2H3. The van der Waals surface area contributed by atoms with E-state index in [9.17, 15) is 13.7 Å². The molecule has 27 heavy (non-hydrogen) atoms. The van der Waals surface area contributed by atoms with Gasteiger partial charge in [0.1, 0.15) is 5.82 Å². The highest BCUT2D eigenvalue weighted by Crippen LogP contribution is 2.31. The normalized spacial score (nSPS) is 18.5. The highest BCUT2D eigenvalue weighted by Gasteiger charge is 2.32. The monoisotopic (exact) mass is 381 g/mol. The number of rotatable bonds is 3. The van der Waals surface area contributed by atoms with Gasteiger partial charge in [0, 0.05) is 18.0 Å². The third-order valence-electron chi connectivity index (χ3n) is 5.01. The molecule has 0 bridgehead atoms. The van der Waals surface area contributed by atoms with Gasteiger partial charge in [-0.1, -0.05) is 12.1 Å². The number of aromatic nitrogens is 4. The molecular formula is C19H19N5O2S. The van der Waals surface area contributed by atoms with Crippen molar-refractivity contribution in [3.8, 4) is 23.1 Å². The molecule has 4 rings (SSSR count). The van der Waals surface area contributed by atoms with Gasteiger partial charge in [-0.2, -0.15) is 10.4 Å². The Hall–Kier alpha value is -2.92. The molecule has 138 valence electrons. The van der Waals surface area contributed by atoms with Crippen molar-refractivity contribution < 1.29 is 8.42 Å². The van der Waals surface area contributed by atoms with Gasteiger partial charge in [-0.15, -0.1) is 0 Å². The molecule has 7 nitrogen and oxygen atoms in total. The van der Waals surface area contributed by atoms with E-state index >= 15 is 0 Å². The van der Waals surface area contributed by atoms with Crippen LogP contribution >= 0.6 is 0 Å². The molecule has 1 atom stereocenters. The van der Waals surface area contributed by atoms with Crippen molar-refractivity contribution in [1.29, 1.82) is 5.26 Å². The first-order valence-electron chi connectivity index (χ1n) is 8.70. The van der Waals surface area contributed by atoms with E-state index in [1.807, 2.05) is 47.5 Å². The van der Waals surface area contributed by atoms with Gasteiger partial charge in [-0.05, 0) is 32.4 Å². The van der Waals surface area contributed by atoms with Gasteiger partial charge >= 0.3 is 0 Å². The Bertz CT molecular complexity index is 1170. The molecule has 0 amide bonds. The number of hydrogen-bond donors (Lipinski definition) is 0. The zero-order valence-electron chi connectivity index (χ0n) is 15.1. The number of sulfone groups is 1. The quantitative estimate of drug-likeness (QED) is 0.695. The molecule has 8 heteroatoms. The van der Waals surface area contributed by atoms with E-state index in [-0.39, 0.29) is 17.5 Å². The number of nitriles is 1. The maximum atomic E-state index is 11.9. The maximum Gasteiger partial charge on any atom is 0.152 e. The van der Waals surface area contributed by atoms with Gasteiger partial charge in [0.15, 0.2) is 9.84 Å². The van der Waals surface area contributed by atoms with Crippen LogP contribution in [0.25, 0.3) is 17.1 Å². The second-order valence-electron chi connectivity index (χ2n) is 6.80. The zero-order chi connectivity index (χ0) is 19.2. The minimum Gasteiger partial charge on any atom is -0.296 e. The van der Waals surface area contributed by atoms with Crippen LogP contribution in [0.2, 0.25) is 0 Å². The first-order chi connectivity index (χ1) is 12.9. The molecular weight excluding hydrogens is 362 g/mol. The van der Waals surface area contributed by atoms with E-state index < -0.39 is 9.84 Å². The third kappa shape index (κ3) is 2.94. The Morgan fingerprint density at radius 1 is 1.26 bits per heavy atom. The summed E-state index contributed by atoms with van der Waals surface area (Å²) in [5.41, 5.74) is 3.86. The van der Waals surface area contributed by atoms with Crippen molar-refractivity contribution in [3.05, 3.63) is 53.6 Å². The number of imidazole rings is 1. The molecule has 0 radical (unpaired) electrons. The number of nitrogens with zero attached hydrogens (tertiary/aromatic N) is 5. The minimum atomic E-state index is -2.99. The summed E-state index contributed by atoms with van der Waals surface area (Å²) in [7, 11) is -2.99. The molecule has 2 aromatic heterocycles. The fourth-order valence-electron chi connectivity index (χ4n) is 3.79. The lowest BCUT2D eigenvalue weighted by molar-refractivity contribution is 0.486. The van der Waals surface area contributed by atoms with E-state index in [0.717, 1.165) is 22.6 Å². The van der Waals surface area contributed by atoms with Gasteiger partial charge < -0.3 is 0 Å². The summed E-state index contributed by atoms with van der Waals surface area (Å²) in [5, 5.41) is 14.1. The Morgan fingerprint density at radius 2 is 2.04 bits per heavy atom.